The van der Waals surface area contributed by atoms with Crippen LogP contribution in [-0.4, -0.2) is 24.0 Å². The van der Waals surface area contributed by atoms with E-state index in [1.165, 1.54) is 17.7 Å². The lowest BCUT2D eigenvalue weighted by atomic mass is 9.95. The van der Waals surface area contributed by atoms with Crippen LogP contribution in [0.25, 0.3) is 0 Å². The van der Waals surface area contributed by atoms with Gasteiger partial charge in [-0.05, 0) is 38.3 Å². The van der Waals surface area contributed by atoms with E-state index >= 15 is 0 Å². The van der Waals surface area contributed by atoms with Crippen LogP contribution < -0.4 is 10.6 Å². The zero-order valence-electron chi connectivity index (χ0n) is 9.32. The van der Waals surface area contributed by atoms with E-state index < -0.39 is 0 Å². The summed E-state index contributed by atoms with van der Waals surface area (Å²) in [6, 6.07) is 5.40. The molecule has 0 spiro atoms. The van der Waals surface area contributed by atoms with Crippen molar-refractivity contribution in [2.45, 2.75) is 44.3 Å². The number of hydrogen-bond donors (Lipinski definition) is 2. The lowest BCUT2D eigenvalue weighted by molar-refractivity contribution is 0.0935. The molecule has 3 rings (SSSR count). The molecule has 2 aliphatic heterocycles. The van der Waals surface area contributed by atoms with Gasteiger partial charge in [-0.15, -0.1) is 11.3 Å². The predicted molar refractivity (Wildman–Crippen MR) is 64.9 cm³/mol. The van der Waals surface area contributed by atoms with Gasteiger partial charge >= 0.3 is 0 Å². The van der Waals surface area contributed by atoms with Crippen LogP contribution >= 0.6 is 11.3 Å². The molecule has 0 radical (unpaired) electrons. The van der Waals surface area contributed by atoms with Gasteiger partial charge < -0.3 is 10.6 Å². The highest BCUT2D eigenvalue weighted by molar-refractivity contribution is 7.13. The SMILES string of the molecule is Cc1ccc(C(=O)N[C@@H]2C[C@H]3CC[C@@H]2N3)s1. The van der Waals surface area contributed by atoms with Crippen molar-refractivity contribution in [3.05, 3.63) is 21.9 Å². The van der Waals surface area contributed by atoms with Crippen LogP contribution in [0.2, 0.25) is 0 Å². The first-order valence-corrected chi connectivity index (χ1v) is 6.67. The van der Waals surface area contributed by atoms with E-state index in [0.29, 0.717) is 18.1 Å². The molecule has 2 bridgehead atoms. The fourth-order valence-electron chi connectivity index (χ4n) is 2.78. The zero-order valence-corrected chi connectivity index (χ0v) is 10.1. The van der Waals surface area contributed by atoms with Gasteiger partial charge in [0.15, 0.2) is 0 Å². The molecule has 86 valence electrons. The molecule has 3 nitrogen and oxygen atoms in total. The van der Waals surface area contributed by atoms with E-state index in [0.717, 1.165) is 11.3 Å². The summed E-state index contributed by atoms with van der Waals surface area (Å²) >= 11 is 1.57. The van der Waals surface area contributed by atoms with E-state index in [1.807, 2.05) is 19.1 Å². The molecule has 0 saturated carbocycles. The zero-order chi connectivity index (χ0) is 11.1. The first-order valence-electron chi connectivity index (χ1n) is 5.86. The molecule has 0 aromatic carbocycles. The lowest BCUT2D eigenvalue weighted by Crippen LogP contribution is -2.42. The van der Waals surface area contributed by atoms with Crippen LogP contribution in [0.4, 0.5) is 0 Å². The minimum absolute atomic E-state index is 0.0949. The number of hydrogen-bond acceptors (Lipinski definition) is 3. The maximum Gasteiger partial charge on any atom is 0.261 e. The average molecular weight is 236 g/mol. The molecule has 1 amide bonds. The second-order valence-corrected chi connectivity index (χ2v) is 6.06. The molecule has 2 N–H and O–H groups in total. The van der Waals surface area contributed by atoms with Gasteiger partial charge in [-0.1, -0.05) is 0 Å². The van der Waals surface area contributed by atoms with Crippen LogP contribution in [0, 0.1) is 6.92 Å². The standard InChI is InChI=1S/C12H16N2OS/c1-7-2-5-11(16-7)12(15)14-10-6-8-3-4-9(10)13-8/h2,5,8-10,13H,3-4,6H2,1H3,(H,14,15)/t8-,9+,10-/m1/s1. The summed E-state index contributed by atoms with van der Waals surface area (Å²) in [5.41, 5.74) is 0. The molecule has 2 saturated heterocycles. The van der Waals surface area contributed by atoms with Crippen molar-refractivity contribution in [3.8, 4) is 0 Å². The van der Waals surface area contributed by atoms with E-state index in [2.05, 4.69) is 10.6 Å². The summed E-state index contributed by atoms with van der Waals surface area (Å²) in [7, 11) is 0. The monoisotopic (exact) mass is 236 g/mol. The molecule has 2 fully saturated rings. The molecule has 1 aromatic rings. The minimum atomic E-state index is 0.0949. The van der Waals surface area contributed by atoms with Crippen molar-refractivity contribution in [2.24, 2.45) is 0 Å². The topological polar surface area (TPSA) is 41.1 Å². The Kier molecular flexibility index (Phi) is 2.48. The van der Waals surface area contributed by atoms with Gasteiger partial charge in [-0.3, -0.25) is 4.79 Å². The highest BCUT2D eigenvalue weighted by atomic mass is 32.1. The van der Waals surface area contributed by atoms with E-state index in [-0.39, 0.29) is 5.91 Å². The molecule has 0 aliphatic carbocycles. The van der Waals surface area contributed by atoms with Gasteiger partial charge in [-0.2, -0.15) is 0 Å². The maximum absolute atomic E-state index is 12.0. The first kappa shape index (κ1) is 10.3. The summed E-state index contributed by atoms with van der Waals surface area (Å²) in [6.45, 7) is 2.03. The number of carbonyl (C=O) groups is 1. The molecule has 0 unspecified atom stereocenters. The van der Waals surface area contributed by atoms with Crippen LogP contribution in [0.3, 0.4) is 0 Å². The van der Waals surface area contributed by atoms with Gasteiger partial charge in [-0.25, -0.2) is 0 Å². The van der Waals surface area contributed by atoms with Crippen molar-refractivity contribution in [3.63, 3.8) is 0 Å². The van der Waals surface area contributed by atoms with Gasteiger partial charge in [0.05, 0.1) is 4.88 Å². The predicted octanol–water partition coefficient (Wildman–Crippen LogP) is 1.68. The van der Waals surface area contributed by atoms with E-state index in [9.17, 15) is 4.79 Å². The molecular weight excluding hydrogens is 220 g/mol. The van der Waals surface area contributed by atoms with E-state index in [4.69, 9.17) is 0 Å². The quantitative estimate of drug-likeness (QED) is 0.820. The fraction of sp³-hybridized carbons (Fsp3) is 0.583. The Morgan fingerprint density at radius 2 is 2.38 bits per heavy atom. The Morgan fingerprint density at radius 3 is 2.94 bits per heavy atom. The van der Waals surface area contributed by atoms with Crippen LogP contribution in [0.1, 0.15) is 33.8 Å². The third kappa shape index (κ3) is 1.76. The third-order valence-corrected chi connectivity index (χ3v) is 4.58. The number of amides is 1. The van der Waals surface area contributed by atoms with Gasteiger partial charge in [0.25, 0.3) is 5.91 Å². The number of rotatable bonds is 2. The first-order chi connectivity index (χ1) is 7.72. The molecule has 16 heavy (non-hydrogen) atoms. The number of thiophene rings is 1. The molecule has 2 aliphatic rings. The molecule has 3 heterocycles. The highest BCUT2D eigenvalue weighted by Crippen LogP contribution is 2.28. The third-order valence-electron chi connectivity index (χ3n) is 3.58. The second kappa shape index (κ2) is 3.86. The maximum atomic E-state index is 12.0. The smallest absolute Gasteiger partial charge is 0.261 e. The van der Waals surface area contributed by atoms with Gasteiger partial charge in [0, 0.05) is 23.0 Å². The Morgan fingerprint density at radius 1 is 1.50 bits per heavy atom. The lowest BCUT2D eigenvalue weighted by Gasteiger charge is -2.20. The van der Waals surface area contributed by atoms with Crippen molar-refractivity contribution < 1.29 is 4.79 Å². The summed E-state index contributed by atoms with van der Waals surface area (Å²) in [4.78, 5) is 14.0. The van der Waals surface area contributed by atoms with Crippen molar-refractivity contribution in [1.29, 1.82) is 0 Å². The Bertz CT molecular complexity index is 415. The average Bonchev–Trinajstić information content (AvgIpc) is 2.92. The summed E-state index contributed by atoms with van der Waals surface area (Å²) in [6.07, 6.45) is 3.58. The summed E-state index contributed by atoms with van der Waals surface area (Å²) in [5.74, 6) is 0.0949. The number of fused-ring (bicyclic) bond motifs is 2. The van der Waals surface area contributed by atoms with Crippen molar-refractivity contribution >= 4 is 17.2 Å². The normalized spacial score (nSPS) is 31.9. The fourth-order valence-corrected chi connectivity index (χ4v) is 3.55. The van der Waals surface area contributed by atoms with Crippen LogP contribution in [0.5, 0.6) is 0 Å². The largest absolute Gasteiger partial charge is 0.347 e. The Labute approximate surface area is 99.2 Å². The molecule has 4 heteroatoms. The highest BCUT2D eigenvalue weighted by Gasteiger charge is 2.39. The Hall–Kier alpha value is -0.870. The summed E-state index contributed by atoms with van der Waals surface area (Å²) < 4.78 is 0. The van der Waals surface area contributed by atoms with Crippen LogP contribution in [-0.2, 0) is 0 Å². The minimum Gasteiger partial charge on any atom is -0.347 e. The van der Waals surface area contributed by atoms with Gasteiger partial charge in [0.2, 0.25) is 0 Å². The number of aryl methyl sites for hydroxylation is 1. The van der Waals surface area contributed by atoms with Crippen molar-refractivity contribution in [1.82, 2.24) is 10.6 Å². The second-order valence-electron chi connectivity index (χ2n) is 4.77. The number of nitrogens with one attached hydrogen (secondary N) is 2. The van der Waals surface area contributed by atoms with Gasteiger partial charge in [0.1, 0.15) is 0 Å². The Balaban J connectivity index is 1.65. The molecule has 3 atom stereocenters. The summed E-state index contributed by atoms with van der Waals surface area (Å²) in [5, 5.41) is 6.68. The van der Waals surface area contributed by atoms with E-state index in [1.54, 1.807) is 11.3 Å². The molecule has 1 aromatic heterocycles. The molecular formula is C12H16N2OS. The van der Waals surface area contributed by atoms with Crippen LogP contribution in [0.15, 0.2) is 12.1 Å². The van der Waals surface area contributed by atoms with Crippen molar-refractivity contribution in [2.75, 3.05) is 0 Å². The number of carbonyl (C=O) groups excluding carboxylic acids is 1.